The maximum Gasteiger partial charge on any atom is 0.242 e. The quantitative estimate of drug-likeness (QED) is 0.846. The topological polar surface area (TPSA) is 58.6 Å². The van der Waals surface area contributed by atoms with E-state index in [-0.39, 0.29) is 23.3 Å². The molecule has 0 radical (unpaired) electrons. The highest BCUT2D eigenvalue weighted by molar-refractivity contribution is 6.35. The van der Waals surface area contributed by atoms with Crippen LogP contribution in [-0.4, -0.2) is 49.1 Å². The molecule has 2 saturated heterocycles. The predicted molar refractivity (Wildman–Crippen MR) is 102 cm³/mol. The molecule has 3 rings (SSSR count). The third kappa shape index (κ3) is 4.00. The molecule has 26 heavy (non-hydrogen) atoms. The number of halogens is 2. The number of amides is 2. The van der Waals surface area contributed by atoms with Gasteiger partial charge in [0.15, 0.2) is 0 Å². The lowest BCUT2D eigenvalue weighted by Crippen LogP contribution is -2.50. The minimum atomic E-state index is -0.370. The normalized spacial score (nSPS) is 22.3. The summed E-state index contributed by atoms with van der Waals surface area (Å²) in [6, 6.07) is 5.15. The second kappa shape index (κ2) is 8.15. The Bertz CT molecular complexity index is 689. The lowest BCUT2D eigenvalue weighted by atomic mass is 9.74. The number of ether oxygens (including phenoxy) is 1. The Morgan fingerprint density at radius 3 is 2.69 bits per heavy atom. The molecule has 2 aliphatic heterocycles. The van der Waals surface area contributed by atoms with E-state index in [1.165, 1.54) is 6.92 Å². The molecule has 2 heterocycles. The molecule has 2 fully saturated rings. The smallest absolute Gasteiger partial charge is 0.242 e. The van der Waals surface area contributed by atoms with Crippen LogP contribution in [-0.2, 0) is 19.7 Å². The molecule has 1 atom stereocenters. The van der Waals surface area contributed by atoms with Crippen LogP contribution in [0.4, 0.5) is 0 Å². The van der Waals surface area contributed by atoms with Crippen molar-refractivity contribution in [2.45, 2.75) is 44.1 Å². The van der Waals surface area contributed by atoms with Crippen LogP contribution < -0.4 is 5.32 Å². The summed E-state index contributed by atoms with van der Waals surface area (Å²) in [7, 11) is 0. The van der Waals surface area contributed by atoms with E-state index in [9.17, 15) is 9.59 Å². The zero-order valence-corrected chi connectivity index (χ0v) is 16.4. The number of carbonyl (C=O) groups is 2. The van der Waals surface area contributed by atoms with Crippen molar-refractivity contribution in [3.8, 4) is 0 Å². The number of nitrogens with one attached hydrogen (secondary N) is 1. The van der Waals surface area contributed by atoms with Crippen LogP contribution in [0.1, 0.15) is 38.2 Å². The van der Waals surface area contributed by atoms with Gasteiger partial charge < -0.3 is 15.0 Å². The van der Waals surface area contributed by atoms with Crippen molar-refractivity contribution in [2.75, 3.05) is 26.3 Å². The largest absolute Gasteiger partial charge is 0.381 e. The molecule has 1 N–H and O–H groups in total. The van der Waals surface area contributed by atoms with Crippen LogP contribution in [0.5, 0.6) is 0 Å². The lowest BCUT2D eigenvalue weighted by Gasteiger charge is -2.39. The minimum absolute atomic E-state index is 0.0517. The van der Waals surface area contributed by atoms with Gasteiger partial charge in [-0.05, 0) is 43.4 Å². The number of likely N-dealkylation sites (tertiary alicyclic amines) is 1. The van der Waals surface area contributed by atoms with Crippen molar-refractivity contribution in [1.29, 1.82) is 0 Å². The lowest BCUT2D eigenvalue weighted by molar-refractivity contribution is -0.137. The predicted octanol–water partition coefficient (Wildman–Crippen LogP) is 3.17. The minimum Gasteiger partial charge on any atom is -0.381 e. The highest BCUT2D eigenvalue weighted by Gasteiger charge is 2.38. The Hall–Kier alpha value is -1.30. The van der Waals surface area contributed by atoms with E-state index < -0.39 is 0 Å². The van der Waals surface area contributed by atoms with Crippen LogP contribution in [0, 0.1) is 0 Å². The summed E-state index contributed by atoms with van der Waals surface area (Å²) in [5, 5.41) is 4.28. The molecule has 0 bridgehead atoms. The summed E-state index contributed by atoms with van der Waals surface area (Å²) in [6.07, 6.45) is 3.12. The van der Waals surface area contributed by atoms with Gasteiger partial charge in [0.25, 0.3) is 0 Å². The highest BCUT2D eigenvalue weighted by atomic mass is 35.5. The maximum atomic E-state index is 12.7. The van der Waals surface area contributed by atoms with E-state index in [0.717, 1.165) is 24.8 Å². The van der Waals surface area contributed by atoms with Crippen molar-refractivity contribution in [3.63, 3.8) is 0 Å². The summed E-state index contributed by atoms with van der Waals surface area (Å²) in [4.78, 5) is 26.1. The third-order valence-corrected chi connectivity index (χ3v) is 6.06. The molecule has 0 saturated carbocycles. The SMILES string of the molecule is CC(=O)N1CCCC1C(=O)NCC1(c2ccc(Cl)cc2Cl)CCOCC1. The average molecular weight is 399 g/mol. The van der Waals surface area contributed by atoms with Crippen molar-refractivity contribution >= 4 is 35.0 Å². The number of hydrogen-bond donors (Lipinski definition) is 1. The Balaban J connectivity index is 1.77. The van der Waals surface area contributed by atoms with Crippen molar-refractivity contribution in [2.24, 2.45) is 0 Å². The average Bonchev–Trinajstić information content (AvgIpc) is 3.10. The Morgan fingerprint density at radius 2 is 2.04 bits per heavy atom. The van der Waals surface area contributed by atoms with Gasteiger partial charge in [0.05, 0.1) is 0 Å². The van der Waals surface area contributed by atoms with E-state index in [4.69, 9.17) is 27.9 Å². The molecule has 142 valence electrons. The highest BCUT2D eigenvalue weighted by Crippen LogP contribution is 2.39. The van der Waals surface area contributed by atoms with Gasteiger partial charge in [-0.25, -0.2) is 0 Å². The zero-order valence-electron chi connectivity index (χ0n) is 14.9. The second-order valence-corrected chi connectivity index (χ2v) is 7.95. The van der Waals surface area contributed by atoms with Crippen LogP contribution in [0.15, 0.2) is 18.2 Å². The van der Waals surface area contributed by atoms with Crippen molar-refractivity contribution in [1.82, 2.24) is 10.2 Å². The fourth-order valence-electron chi connectivity index (χ4n) is 4.01. The Labute approximate surface area is 164 Å². The molecule has 2 amide bonds. The summed E-state index contributed by atoms with van der Waals surface area (Å²) < 4.78 is 5.53. The molecule has 2 aliphatic rings. The fraction of sp³-hybridized carbons (Fsp3) is 0.579. The number of hydrogen-bond acceptors (Lipinski definition) is 3. The van der Waals surface area contributed by atoms with Crippen molar-refractivity contribution in [3.05, 3.63) is 33.8 Å². The fourth-order valence-corrected chi connectivity index (χ4v) is 4.62. The molecule has 0 aromatic heterocycles. The van der Waals surface area contributed by atoms with E-state index in [1.54, 1.807) is 11.0 Å². The van der Waals surface area contributed by atoms with Gasteiger partial charge in [0.2, 0.25) is 11.8 Å². The summed E-state index contributed by atoms with van der Waals surface area (Å²) in [5.74, 6) is -0.141. The van der Waals surface area contributed by atoms with E-state index in [0.29, 0.717) is 42.8 Å². The first-order valence-corrected chi connectivity index (χ1v) is 9.77. The second-order valence-electron chi connectivity index (χ2n) is 7.11. The molecule has 1 unspecified atom stereocenters. The molecule has 0 spiro atoms. The first-order chi connectivity index (χ1) is 12.4. The molecule has 1 aromatic carbocycles. The van der Waals surface area contributed by atoms with E-state index in [1.807, 2.05) is 12.1 Å². The van der Waals surface area contributed by atoms with Gasteiger partial charge in [0.1, 0.15) is 6.04 Å². The summed E-state index contributed by atoms with van der Waals surface area (Å²) >= 11 is 12.5. The molecular formula is C19H24Cl2N2O3. The first kappa shape index (κ1) is 19.5. The molecule has 5 nitrogen and oxygen atoms in total. The number of nitrogens with zero attached hydrogens (tertiary/aromatic N) is 1. The van der Waals surface area contributed by atoms with Gasteiger partial charge in [-0.2, -0.15) is 0 Å². The number of benzene rings is 1. The summed E-state index contributed by atoms with van der Waals surface area (Å²) in [6.45, 7) is 3.88. The van der Waals surface area contributed by atoms with Crippen molar-refractivity contribution < 1.29 is 14.3 Å². The Kier molecular flexibility index (Phi) is 6.10. The van der Waals surface area contributed by atoms with Crippen LogP contribution >= 0.6 is 23.2 Å². The van der Waals surface area contributed by atoms with Gasteiger partial charge in [0, 0.05) is 48.7 Å². The molecule has 7 heteroatoms. The maximum absolute atomic E-state index is 12.7. The zero-order chi connectivity index (χ0) is 18.7. The van der Waals surface area contributed by atoms with Gasteiger partial charge in [-0.15, -0.1) is 0 Å². The molecule has 0 aliphatic carbocycles. The standard InChI is InChI=1S/C19H24Cl2N2O3/c1-13(24)23-8-2-3-17(23)18(25)22-12-19(6-9-26-10-7-19)15-5-4-14(20)11-16(15)21/h4-5,11,17H,2-3,6-10,12H2,1H3,(H,22,25). The number of carbonyl (C=O) groups excluding carboxylic acids is 2. The van der Waals surface area contributed by atoms with E-state index >= 15 is 0 Å². The van der Waals surface area contributed by atoms with Gasteiger partial charge in [-0.1, -0.05) is 29.3 Å². The van der Waals surface area contributed by atoms with Crippen LogP contribution in [0.25, 0.3) is 0 Å². The first-order valence-electron chi connectivity index (χ1n) is 9.01. The third-order valence-electron chi connectivity index (χ3n) is 5.51. The van der Waals surface area contributed by atoms with E-state index in [2.05, 4.69) is 5.32 Å². The van der Waals surface area contributed by atoms with Crippen LogP contribution in [0.3, 0.4) is 0 Å². The molecule has 1 aromatic rings. The number of rotatable bonds is 4. The summed E-state index contributed by atoms with van der Waals surface area (Å²) in [5.41, 5.74) is 0.705. The molecular weight excluding hydrogens is 375 g/mol. The van der Waals surface area contributed by atoms with Gasteiger partial charge >= 0.3 is 0 Å². The van der Waals surface area contributed by atoms with Crippen LogP contribution in [0.2, 0.25) is 10.0 Å². The Morgan fingerprint density at radius 1 is 1.31 bits per heavy atom. The monoisotopic (exact) mass is 398 g/mol. The van der Waals surface area contributed by atoms with Gasteiger partial charge in [-0.3, -0.25) is 9.59 Å².